The van der Waals surface area contributed by atoms with Crippen LogP contribution >= 0.6 is 34.5 Å². The zero-order chi connectivity index (χ0) is 31.7. The van der Waals surface area contributed by atoms with E-state index < -0.39 is 17.8 Å². The van der Waals surface area contributed by atoms with Gasteiger partial charge in [0.15, 0.2) is 0 Å². The van der Waals surface area contributed by atoms with Crippen molar-refractivity contribution >= 4 is 69.2 Å². The van der Waals surface area contributed by atoms with Gasteiger partial charge in [-0.15, -0.1) is 11.3 Å². The quantitative estimate of drug-likeness (QED) is 0.0967. The summed E-state index contributed by atoms with van der Waals surface area (Å²) in [5, 5.41) is 2.56. The average molecular weight is 657 g/mol. The van der Waals surface area contributed by atoms with Crippen molar-refractivity contribution in [1.29, 1.82) is 0 Å². The number of furan rings is 1. The molecule has 0 radical (unpaired) electrons. The Labute approximate surface area is 272 Å². The molecule has 45 heavy (non-hydrogen) atoms. The standard InChI is InChI=1S/C35H23Cl2NO6S/c1-20(39)43-28-18-22(21-13-15-23(42-2)16-14-21)19-29-31(28)32(30-12-7-17-45-30)35(44-29)38(33(40)24-8-3-5-10-26(24)36)34(41)25-9-4-6-11-27(25)37/h3-19H,1-2H3. The van der Waals surface area contributed by atoms with Gasteiger partial charge in [-0.05, 0) is 71.1 Å². The van der Waals surface area contributed by atoms with Gasteiger partial charge in [0.1, 0.15) is 17.1 Å². The van der Waals surface area contributed by atoms with Crippen molar-refractivity contribution in [3.8, 4) is 33.1 Å². The first-order chi connectivity index (χ1) is 21.8. The highest BCUT2D eigenvalue weighted by molar-refractivity contribution is 7.13. The van der Waals surface area contributed by atoms with Gasteiger partial charge in [0, 0.05) is 11.8 Å². The Hall–Kier alpha value is -4.89. The summed E-state index contributed by atoms with van der Waals surface area (Å²) in [6.45, 7) is 1.30. The van der Waals surface area contributed by atoms with Gasteiger partial charge < -0.3 is 13.9 Å². The minimum Gasteiger partial charge on any atom is -0.497 e. The number of amides is 2. The highest BCUT2D eigenvalue weighted by Gasteiger charge is 2.36. The van der Waals surface area contributed by atoms with E-state index >= 15 is 0 Å². The third-order valence-corrected chi connectivity index (χ3v) is 8.55. The normalized spacial score (nSPS) is 10.9. The molecule has 0 unspecified atom stereocenters. The number of anilines is 1. The van der Waals surface area contributed by atoms with E-state index in [2.05, 4.69) is 0 Å². The minimum absolute atomic E-state index is 0.0799. The number of nitrogens with zero attached hydrogens (tertiary/aromatic N) is 1. The molecule has 0 saturated carbocycles. The summed E-state index contributed by atoms with van der Waals surface area (Å²) in [6.07, 6.45) is 0. The van der Waals surface area contributed by atoms with Crippen LogP contribution in [0.4, 0.5) is 5.88 Å². The second-order valence-corrected chi connectivity index (χ2v) is 11.6. The number of fused-ring (bicyclic) bond motifs is 1. The third-order valence-electron chi connectivity index (χ3n) is 7.00. The predicted octanol–water partition coefficient (Wildman–Crippen LogP) is 9.56. The lowest BCUT2D eigenvalue weighted by Crippen LogP contribution is -2.37. The molecule has 6 rings (SSSR count). The lowest BCUT2D eigenvalue weighted by Gasteiger charge is -2.21. The monoisotopic (exact) mass is 655 g/mol. The van der Waals surface area contributed by atoms with Gasteiger partial charge in [-0.3, -0.25) is 14.4 Å². The maximum Gasteiger partial charge on any atom is 0.308 e. The number of hydrogen-bond donors (Lipinski definition) is 0. The summed E-state index contributed by atoms with van der Waals surface area (Å²) < 4.78 is 17.5. The summed E-state index contributed by atoms with van der Waals surface area (Å²) in [7, 11) is 1.58. The van der Waals surface area contributed by atoms with Crippen molar-refractivity contribution in [2.24, 2.45) is 0 Å². The van der Waals surface area contributed by atoms with Gasteiger partial charge in [-0.1, -0.05) is 65.7 Å². The molecule has 224 valence electrons. The molecule has 2 aromatic heterocycles. The lowest BCUT2D eigenvalue weighted by molar-refractivity contribution is -0.131. The van der Waals surface area contributed by atoms with E-state index in [-0.39, 0.29) is 38.4 Å². The molecule has 6 aromatic rings. The van der Waals surface area contributed by atoms with Crippen LogP contribution in [0.5, 0.6) is 11.5 Å². The molecule has 0 aliphatic carbocycles. The van der Waals surface area contributed by atoms with Crippen molar-refractivity contribution in [1.82, 2.24) is 0 Å². The second-order valence-electron chi connectivity index (χ2n) is 9.83. The van der Waals surface area contributed by atoms with Crippen LogP contribution in [0.25, 0.3) is 32.5 Å². The van der Waals surface area contributed by atoms with Crippen molar-refractivity contribution < 1.29 is 28.3 Å². The first-order valence-electron chi connectivity index (χ1n) is 13.6. The first kappa shape index (κ1) is 30.1. The number of methoxy groups -OCH3 is 1. The third kappa shape index (κ3) is 5.83. The van der Waals surface area contributed by atoms with Crippen molar-refractivity contribution in [2.45, 2.75) is 6.92 Å². The highest BCUT2D eigenvalue weighted by atomic mass is 35.5. The number of imide groups is 1. The minimum atomic E-state index is -0.730. The molecule has 0 atom stereocenters. The van der Waals surface area contributed by atoms with Crippen molar-refractivity contribution in [3.05, 3.63) is 124 Å². The van der Waals surface area contributed by atoms with Crippen LogP contribution in [0.1, 0.15) is 27.6 Å². The van der Waals surface area contributed by atoms with E-state index in [0.29, 0.717) is 27.1 Å². The van der Waals surface area contributed by atoms with Crippen LogP contribution in [0.2, 0.25) is 10.0 Å². The molecule has 0 saturated heterocycles. The van der Waals surface area contributed by atoms with E-state index in [1.54, 1.807) is 55.6 Å². The van der Waals surface area contributed by atoms with Crippen LogP contribution in [0.15, 0.2) is 107 Å². The van der Waals surface area contributed by atoms with Gasteiger partial charge in [0.2, 0.25) is 5.88 Å². The fraction of sp³-hybridized carbons (Fsp3) is 0.0571. The number of carbonyl (C=O) groups excluding carboxylic acids is 3. The number of esters is 1. The average Bonchev–Trinajstić information content (AvgIpc) is 3.69. The Morgan fingerprint density at radius 2 is 1.40 bits per heavy atom. The van der Waals surface area contributed by atoms with E-state index in [9.17, 15) is 14.4 Å². The molecule has 2 heterocycles. The van der Waals surface area contributed by atoms with E-state index in [1.807, 2.05) is 41.8 Å². The SMILES string of the molecule is COc1ccc(-c2cc(OC(C)=O)c3c(-c4cccs4)c(N(C(=O)c4ccccc4Cl)C(=O)c4ccccc4Cl)oc3c2)cc1. The molecule has 0 fully saturated rings. The molecule has 7 nitrogen and oxygen atoms in total. The number of ether oxygens (including phenoxy) is 2. The number of rotatable bonds is 7. The molecule has 0 aliphatic heterocycles. The van der Waals surface area contributed by atoms with E-state index in [4.69, 9.17) is 37.1 Å². The molecular formula is C35H23Cl2NO6S. The number of hydrogen-bond acceptors (Lipinski definition) is 7. The maximum atomic E-state index is 14.3. The molecule has 0 bridgehead atoms. The summed E-state index contributed by atoms with van der Waals surface area (Å²) in [5.41, 5.74) is 2.28. The number of carbonyl (C=O) groups is 3. The Morgan fingerprint density at radius 1 is 0.778 bits per heavy atom. The van der Waals surface area contributed by atoms with Gasteiger partial charge in [0.05, 0.1) is 39.2 Å². The van der Waals surface area contributed by atoms with Crippen molar-refractivity contribution in [3.63, 3.8) is 0 Å². The molecule has 0 N–H and O–H groups in total. The molecule has 0 spiro atoms. The molecule has 4 aromatic carbocycles. The Kier molecular flexibility index (Phi) is 8.45. The number of benzene rings is 4. The zero-order valence-corrected chi connectivity index (χ0v) is 26.2. The van der Waals surface area contributed by atoms with Gasteiger partial charge in [-0.2, -0.15) is 0 Å². The van der Waals surface area contributed by atoms with Crippen LogP contribution in [0.3, 0.4) is 0 Å². The van der Waals surface area contributed by atoms with Crippen LogP contribution in [0, 0.1) is 0 Å². The molecule has 0 aliphatic rings. The summed E-state index contributed by atoms with van der Waals surface area (Å²) >= 11 is 14.3. The molecule has 2 amide bonds. The Bertz CT molecular complexity index is 2010. The summed E-state index contributed by atoms with van der Waals surface area (Å²) in [4.78, 5) is 42.6. The smallest absolute Gasteiger partial charge is 0.308 e. The largest absolute Gasteiger partial charge is 0.497 e. The highest BCUT2D eigenvalue weighted by Crippen LogP contribution is 2.48. The summed E-state index contributed by atoms with van der Waals surface area (Å²) in [6, 6.07) is 27.3. The van der Waals surface area contributed by atoms with Crippen molar-refractivity contribution in [2.75, 3.05) is 12.0 Å². The van der Waals surface area contributed by atoms with Gasteiger partial charge in [-0.25, -0.2) is 4.90 Å². The number of halogens is 2. The van der Waals surface area contributed by atoms with E-state index in [1.165, 1.54) is 30.4 Å². The van der Waals surface area contributed by atoms with Crippen LogP contribution < -0.4 is 14.4 Å². The lowest BCUT2D eigenvalue weighted by atomic mass is 10.0. The molecular weight excluding hydrogens is 633 g/mol. The Morgan fingerprint density at radius 3 is 1.93 bits per heavy atom. The first-order valence-corrected chi connectivity index (χ1v) is 15.3. The second kappa shape index (κ2) is 12.6. The molecule has 10 heteroatoms. The fourth-order valence-electron chi connectivity index (χ4n) is 4.96. The van der Waals surface area contributed by atoms with Crippen LogP contribution in [-0.2, 0) is 4.79 Å². The fourth-order valence-corrected chi connectivity index (χ4v) is 6.16. The topological polar surface area (TPSA) is 86.0 Å². The predicted molar refractivity (Wildman–Crippen MR) is 177 cm³/mol. The summed E-state index contributed by atoms with van der Waals surface area (Å²) in [5.74, 6) is -1.23. The zero-order valence-electron chi connectivity index (χ0n) is 23.9. The van der Waals surface area contributed by atoms with Gasteiger partial charge >= 0.3 is 5.97 Å². The Balaban J connectivity index is 1.67. The van der Waals surface area contributed by atoms with Gasteiger partial charge in [0.25, 0.3) is 11.8 Å². The maximum absolute atomic E-state index is 14.3. The van der Waals surface area contributed by atoms with Crippen LogP contribution in [-0.4, -0.2) is 24.9 Å². The number of thiophene rings is 1. The van der Waals surface area contributed by atoms with E-state index in [0.717, 1.165) is 10.5 Å².